The molecule has 4 rings (SSSR count). The molecule has 1 aromatic carbocycles. The molecule has 2 N–H and O–H groups in total. The summed E-state index contributed by atoms with van der Waals surface area (Å²) in [4.78, 5) is 29.3. The first kappa shape index (κ1) is 18.2. The third kappa shape index (κ3) is 2.79. The summed E-state index contributed by atoms with van der Waals surface area (Å²) >= 11 is 0. The van der Waals surface area contributed by atoms with Crippen molar-refractivity contribution in [1.29, 1.82) is 0 Å². The largest absolute Gasteiger partial charge is 0.396 e. The Morgan fingerprint density at radius 2 is 1.89 bits per heavy atom. The van der Waals surface area contributed by atoms with Crippen LogP contribution >= 0.6 is 0 Å². The first-order valence-electron chi connectivity index (χ1n) is 9.68. The predicted molar refractivity (Wildman–Crippen MR) is 103 cm³/mol. The second kappa shape index (κ2) is 6.48. The van der Waals surface area contributed by atoms with E-state index >= 15 is 4.39 Å². The van der Waals surface area contributed by atoms with Crippen LogP contribution in [0.3, 0.4) is 0 Å². The third-order valence-corrected chi connectivity index (χ3v) is 6.34. The summed E-state index contributed by atoms with van der Waals surface area (Å²) in [5.74, 6) is 0.0553. The summed E-state index contributed by atoms with van der Waals surface area (Å²) in [5.41, 5.74) is 0.980. The van der Waals surface area contributed by atoms with E-state index in [-0.39, 0.29) is 29.5 Å². The molecule has 1 aromatic heterocycles. The Hall–Kier alpha value is -2.15. The molecule has 0 bridgehead atoms. The maximum Gasteiger partial charge on any atom is 0.329 e. The number of aryl methyl sites for hydroxylation is 2. The number of hydrogen-bond acceptors (Lipinski definition) is 4. The van der Waals surface area contributed by atoms with Gasteiger partial charge in [-0.15, -0.1) is 0 Å². The van der Waals surface area contributed by atoms with Crippen LogP contribution in [0.5, 0.6) is 0 Å². The summed E-state index contributed by atoms with van der Waals surface area (Å²) in [7, 11) is 0. The molecule has 0 amide bonds. The van der Waals surface area contributed by atoms with Crippen LogP contribution in [0.4, 0.5) is 10.1 Å². The number of aromatic amines is 1. The highest BCUT2D eigenvalue weighted by Crippen LogP contribution is 2.40. The predicted octanol–water partition coefficient (Wildman–Crippen LogP) is 2.24. The van der Waals surface area contributed by atoms with Crippen molar-refractivity contribution in [2.75, 3.05) is 24.6 Å². The average molecular weight is 375 g/mol. The lowest BCUT2D eigenvalue weighted by Crippen LogP contribution is -2.42. The average Bonchev–Trinajstić information content (AvgIpc) is 3.45. The highest BCUT2D eigenvalue weighted by Gasteiger charge is 2.33. The molecule has 2 aliphatic rings. The highest BCUT2D eigenvalue weighted by molar-refractivity contribution is 5.90. The minimum atomic E-state index is -0.529. The van der Waals surface area contributed by atoms with Gasteiger partial charge in [0.15, 0.2) is 5.82 Å². The summed E-state index contributed by atoms with van der Waals surface area (Å²) in [6.07, 6.45) is 2.64. The Kier molecular flexibility index (Phi) is 4.37. The minimum absolute atomic E-state index is 0.0668. The Labute approximate surface area is 156 Å². The van der Waals surface area contributed by atoms with E-state index in [1.54, 1.807) is 18.4 Å². The van der Waals surface area contributed by atoms with Crippen LogP contribution < -0.4 is 16.1 Å². The van der Waals surface area contributed by atoms with Gasteiger partial charge in [0.25, 0.3) is 5.56 Å². The van der Waals surface area contributed by atoms with Crippen LogP contribution in [-0.2, 0) is 0 Å². The number of benzene rings is 1. The lowest BCUT2D eigenvalue weighted by atomic mass is 9.87. The first-order valence-corrected chi connectivity index (χ1v) is 9.68. The molecule has 2 fully saturated rings. The Morgan fingerprint density at radius 1 is 1.19 bits per heavy atom. The zero-order chi connectivity index (χ0) is 19.5. The normalized spacial score (nSPS) is 23.2. The molecule has 7 heteroatoms. The van der Waals surface area contributed by atoms with Crippen LogP contribution in [-0.4, -0.2) is 34.4 Å². The number of rotatable bonds is 3. The lowest BCUT2D eigenvalue weighted by Gasteiger charge is -2.39. The SMILES string of the molecule is Cc1c(F)c(N2CCC(C)C(CO)C2)c(C)c2c1c(=O)[nH]c(=O)n2C1CC1. The second-order valence-corrected chi connectivity index (χ2v) is 8.15. The number of aromatic nitrogens is 2. The molecule has 2 aromatic rings. The maximum atomic E-state index is 15.4. The standard InChI is InChI=1S/C20H26FN3O3/c1-10-6-7-23(8-13(10)9-25)18-12(3)17-15(11(2)16(18)21)19(26)22-20(27)24(17)14-4-5-14/h10,13-14,25H,4-9H2,1-3H3,(H,22,26,27). The number of anilines is 1. The molecule has 1 saturated carbocycles. The molecule has 6 nitrogen and oxygen atoms in total. The van der Waals surface area contributed by atoms with Gasteiger partial charge in [-0.05, 0) is 39.0 Å². The van der Waals surface area contributed by atoms with Crippen LogP contribution in [0.1, 0.15) is 43.4 Å². The Balaban J connectivity index is 1.99. The van der Waals surface area contributed by atoms with Crippen LogP contribution in [0.2, 0.25) is 0 Å². The van der Waals surface area contributed by atoms with Crippen molar-refractivity contribution in [2.24, 2.45) is 11.8 Å². The van der Waals surface area contributed by atoms with Crippen molar-refractivity contribution in [3.63, 3.8) is 0 Å². The molecule has 1 aliphatic carbocycles. The zero-order valence-electron chi connectivity index (χ0n) is 16.0. The molecular formula is C20H26FN3O3. The fraction of sp³-hybridized carbons (Fsp3) is 0.600. The molecule has 146 valence electrons. The number of aliphatic hydroxyl groups excluding tert-OH is 1. The number of nitrogens with one attached hydrogen (secondary N) is 1. The van der Waals surface area contributed by atoms with E-state index in [2.05, 4.69) is 11.9 Å². The van der Waals surface area contributed by atoms with Gasteiger partial charge in [-0.3, -0.25) is 14.3 Å². The molecule has 1 aliphatic heterocycles. The summed E-state index contributed by atoms with van der Waals surface area (Å²) in [5, 5.41) is 9.95. The van der Waals surface area contributed by atoms with Gasteiger partial charge >= 0.3 is 5.69 Å². The van der Waals surface area contributed by atoms with Crippen molar-refractivity contribution in [3.8, 4) is 0 Å². The number of aliphatic hydroxyl groups is 1. The van der Waals surface area contributed by atoms with Gasteiger partial charge in [0.05, 0.1) is 16.6 Å². The van der Waals surface area contributed by atoms with Crippen molar-refractivity contribution in [1.82, 2.24) is 9.55 Å². The van der Waals surface area contributed by atoms with Gasteiger partial charge in [0.1, 0.15) is 0 Å². The van der Waals surface area contributed by atoms with E-state index in [0.717, 1.165) is 19.3 Å². The molecule has 2 atom stereocenters. The van der Waals surface area contributed by atoms with Gasteiger partial charge in [0.2, 0.25) is 0 Å². The van der Waals surface area contributed by atoms with E-state index in [1.165, 1.54) is 0 Å². The molecule has 2 heterocycles. The molecule has 0 radical (unpaired) electrons. The van der Waals surface area contributed by atoms with Crippen molar-refractivity contribution < 1.29 is 9.50 Å². The van der Waals surface area contributed by atoms with E-state index in [1.807, 2.05) is 4.90 Å². The molecule has 1 saturated heterocycles. The number of nitrogens with zero attached hydrogens (tertiary/aromatic N) is 2. The smallest absolute Gasteiger partial charge is 0.329 e. The van der Waals surface area contributed by atoms with Gasteiger partial charge in [-0.1, -0.05) is 6.92 Å². The van der Waals surface area contributed by atoms with Crippen LogP contribution in [0.15, 0.2) is 9.59 Å². The second-order valence-electron chi connectivity index (χ2n) is 8.15. The van der Waals surface area contributed by atoms with Gasteiger partial charge in [0, 0.05) is 42.8 Å². The van der Waals surface area contributed by atoms with Gasteiger partial charge in [-0.25, -0.2) is 9.18 Å². The quantitative estimate of drug-likeness (QED) is 0.862. The highest BCUT2D eigenvalue weighted by atomic mass is 19.1. The van der Waals surface area contributed by atoms with Crippen molar-refractivity contribution in [3.05, 3.63) is 37.8 Å². The summed E-state index contributed by atoms with van der Waals surface area (Å²) in [6, 6.07) is 0.0693. The lowest BCUT2D eigenvalue weighted by molar-refractivity contribution is 0.166. The fourth-order valence-corrected chi connectivity index (χ4v) is 4.48. The van der Waals surface area contributed by atoms with E-state index < -0.39 is 17.1 Å². The van der Waals surface area contributed by atoms with E-state index in [4.69, 9.17) is 0 Å². The number of H-pyrrole nitrogens is 1. The molecular weight excluding hydrogens is 349 g/mol. The van der Waals surface area contributed by atoms with Crippen LogP contribution in [0.25, 0.3) is 10.9 Å². The topological polar surface area (TPSA) is 78.3 Å². The fourth-order valence-electron chi connectivity index (χ4n) is 4.48. The van der Waals surface area contributed by atoms with Crippen molar-refractivity contribution in [2.45, 2.75) is 46.1 Å². The number of piperidine rings is 1. The molecule has 0 spiro atoms. The summed E-state index contributed by atoms with van der Waals surface area (Å²) < 4.78 is 17.0. The van der Waals surface area contributed by atoms with Crippen LogP contribution in [0, 0.1) is 31.5 Å². The zero-order valence-corrected chi connectivity index (χ0v) is 16.0. The summed E-state index contributed by atoms with van der Waals surface area (Å²) in [6.45, 7) is 6.83. The molecule has 27 heavy (non-hydrogen) atoms. The van der Waals surface area contributed by atoms with E-state index in [9.17, 15) is 14.7 Å². The van der Waals surface area contributed by atoms with Crippen molar-refractivity contribution >= 4 is 16.6 Å². The Bertz CT molecular complexity index is 1020. The molecule has 2 unspecified atom stereocenters. The monoisotopic (exact) mass is 375 g/mol. The number of fused-ring (bicyclic) bond motifs is 1. The van der Waals surface area contributed by atoms with Gasteiger partial charge < -0.3 is 10.0 Å². The third-order valence-electron chi connectivity index (χ3n) is 6.34. The first-order chi connectivity index (χ1) is 12.8. The Morgan fingerprint density at radius 3 is 2.52 bits per heavy atom. The number of hydrogen-bond donors (Lipinski definition) is 2. The maximum absolute atomic E-state index is 15.4. The van der Waals surface area contributed by atoms with E-state index in [0.29, 0.717) is 35.8 Å². The van der Waals surface area contributed by atoms with Gasteiger partial charge in [-0.2, -0.15) is 0 Å². The number of halogens is 1. The minimum Gasteiger partial charge on any atom is -0.396 e.